The zero-order chi connectivity index (χ0) is 15.7. The Labute approximate surface area is 131 Å². The minimum Gasteiger partial charge on any atom is -0.345 e. The summed E-state index contributed by atoms with van der Waals surface area (Å²) in [7, 11) is 0. The van der Waals surface area contributed by atoms with Gasteiger partial charge in [0, 0.05) is 6.21 Å². The normalized spacial score (nSPS) is 22.0. The van der Waals surface area contributed by atoms with E-state index < -0.39 is 11.7 Å². The quantitative estimate of drug-likeness (QED) is 0.442. The summed E-state index contributed by atoms with van der Waals surface area (Å²) in [6.45, 7) is 0.278. The number of carbonyl (C=O) groups excluding carboxylic acids is 1. The molecule has 0 aromatic heterocycles. The first-order valence-electron chi connectivity index (χ1n) is 6.87. The van der Waals surface area contributed by atoms with E-state index in [1.165, 1.54) is 12.3 Å². The van der Waals surface area contributed by atoms with Crippen LogP contribution < -0.4 is 16.6 Å². The minimum absolute atomic E-state index is 0.100. The molecule has 116 valence electrons. The maximum atomic E-state index is 13.6. The molecule has 1 unspecified atom stereocenters. The summed E-state index contributed by atoms with van der Waals surface area (Å²) < 4.78 is 13.6. The number of aliphatic imine (C=N–C) groups is 2. The lowest BCUT2D eigenvalue weighted by Gasteiger charge is -2.21. The average Bonchev–Trinajstić information content (AvgIpc) is 3.30. The van der Waals surface area contributed by atoms with Crippen LogP contribution in [0, 0.1) is 11.7 Å². The second-order valence-corrected chi connectivity index (χ2v) is 5.80. The van der Waals surface area contributed by atoms with Gasteiger partial charge in [-0.15, -0.1) is 0 Å². The lowest BCUT2D eigenvalue weighted by molar-refractivity contribution is -0.122. The number of amides is 1. The fourth-order valence-corrected chi connectivity index (χ4v) is 2.50. The Bertz CT molecular complexity index is 671. The van der Waals surface area contributed by atoms with E-state index in [4.69, 9.17) is 17.4 Å². The van der Waals surface area contributed by atoms with Gasteiger partial charge in [0.15, 0.2) is 0 Å². The summed E-state index contributed by atoms with van der Waals surface area (Å²) in [4.78, 5) is 19.8. The van der Waals surface area contributed by atoms with Gasteiger partial charge in [0.2, 0.25) is 11.9 Å². The fraction of sp³-hybridized carbons (Fsp3) is 0.357. The topological polar surface area (TPSA) is 91.9 Å². The molecule has 1 aromatic rings. The number of benzene rings is 1. The van der Waals surface area contributed by atoms with Gasteiger partial charge in [-0.25, -0.2) is 15.2 Å². The lowest BCUT2D eigenvalue weighted by Crippen LogP contribution is -2.41. The molecule has 1 heterocycles. The molecular weight excluding hydrogens is 309 g/mol. The Balaban J connectivity index is 1.71. The number of nitrogens with zero attached hydrogens (tertiary/aromatic N) is 2. The molecule has 1 saturated carbocycles. The van der Waals surface area contributed by atoms with E-state index in [0.717, 1.165) is 18.4 Å². The molecule has 22 heavy (non-hydrogen) atoms. The SMILES string of the molecule is NNC(=O)C1C=NC(NC2(c3ccc(Cl)c(F)c3)CC2)=NC1. The molecule has 2 aliphatic rings. The van der Waals surface area contributed by atoms with Crippen LogP contribution in [0.2, 0.25) is 5.02 Å². The zero-order valence-electron chi connectivity index (χ0n) is 11.6. The number of hydrogen-bond acceptors (Lipinski definition) is 5. The molecule has 4 N–H and O–H groups in total. The molecule has 1 atom stereocenters. The summed E-state index contributed by atoms with van der Waals surface area (Å²) >= 11 is 5.71. The number of halogens is 2. The summed E-state index contributed by atoms with van der Waals surface area (Å²) in [5.41, 5.74) is 2.53. The van der Waals surface area contributed by atoms with E-state index in [9.17, 15) is 9.18 Å². The van der Waals surface area contributed by atoms with Gasteiger partial charge in [-0.2, -0.15) is 0 Å². The molecule has 1 aromatic carbocycles. The van der Waals surface area contributed by atoms with Crippen LogP contribution >= 0.6 is 11.6 Å². The first-order valence-corrected chi connectivity index (χ1v) is 7.25. The van der Waals surface area contributed by atoms with E-state index in [1.54, 1.807) is 12.1 Å². The van der Waals surface area contributed by atoms with Gasteiger partial charge in [0.05, 0.1) is 23.0 Å². The van der Waals surface area contributed by atoms with Crippen LogP contribution in [0.25, 0.3) is 0 Å². The molecule has 6 nitrogen and oxygen atoms in total. The number of nitrogens with one attached hydrogen (secondary N) is 2. The van der Waals surface area contributed by atoms with Crippen LogP contribution in [0.15, 0.2) is 28.2 Å². The zero-order valence-corrected chi connectivity index (χ0v) is 12.4. The van der Waals surface area contributed by atoms with Crippen molar-refractivity contribution in [3.8, 4) is 0 Å². The molecule has 0 bridgehead atoms. The summed E-state index contributed by atoms with van der Waals surface area (Å²) in [6, 6.07) is 4.77. The van der Waals surface area contributed by atoms with Crippen molar-refractivity contribution < 1.29 is 9.18 Å². The van der Waals surface area contributed by atoms with Crippen LogP contribution in [0.5, 0.6) is 0 Å². The van der Waals surface area contributed by atoms with Crippen LogP contribution in [-0.4, -0.2) is 24.6 Å². The Morgan fingerprint density at radius 1 is 1.45 bits per heavy atom. The van der Waals surface area contributed by atoms with E-state index in [2.05, 4.69) is 20.7 Å². The number of hydrogen-bond donors (Lipinski definition) is 3. The molecule has 1 amide bonds. The molecule has 3 rings (SSSR count). The molecule has 8 heteroatoms. The van der Waals surface area contributed by atoms with Crippen molar-refractivity contribution in [2.24, 2.45) is 21.7 Å². The van der Waals surface area contributed by atoms with Crippen LogP contribution in [0.1, 0.15) is 18.4 Å². The second-order valence-electron chi connectivity index (χ2n) is 5.39. The number of carbonyl (C=O) groups is 1. The van der Waals surface area contributed by atoms with E-state index in [-0.39, 0.29) is 23.0 Å². The maximum Gasteiger partial charge on any atom is 0.244 e. The monoisotopic (exact) mass is 323 g/mol. The Kier molecular flexibility index (Phi) is 3.84. The van der Waals surface area contributed by atoms with Crippen molar-refractivity contribution in [3.63, 3.8) is 0 Å². The smallest absolute Gasteiger partial charge is 0.244 e. The third kappa shape index (κ3) is 2.82. The Hall–Kier alpha value is -1.99. The highest BCUT2D eigenvalue weighted by Crippen LogP contribution is 2.46. The Morgan fingerprint density at radius 2 is 2.23 bits per heavy atom. The highest BCUT2D eigenvalue weighted by atomic mass is 35.5. The van der Waals surface area contributed by atoms with Gasteiger partial charge in [-0.3, -0.25) is 15.2 Å². The maximum absolute atomic E-state index is 13.6. The molecule has 0 radical (unpaired) electrons. The number of nitrogens with two attached hydrogens (primary N) is 1. The van der Waals surface area contributed by atoms with Gasteiger partial charge in [-0.1, -0.05) is 17.7 Å². The van der Waals surface area contributed by atoms with Crippen molar-refractivity contribution in [2.45, 2.75) is 18.4 Å². The van der Waals surface area contributed by atoms with E-state index >= 15 is 0 Å². The highest BCUT2D eigenvalue weighted by Gasteiger charge is 2.45. The summed E-state index contributed by atoms with van der Waals surface area (Å²) in [6.07, 6.45) is 3.22. The van der Waals surface area contributed by atoms with Crippen molar-refractivity contribution >= 4 is 29.7 Å². The fourth-order valence-electron chi connectivity index (χ4n) is 2.38. The van der Waals surface area contributed by atoms with Gasteiger partial charge >= 0.3 is 0 Å². The third-order valence-electron chi connectivity index (χ3n) is 3.87. The molecule has 0 saturated heterocycles. The largest absolute Gasteiger partial charge is 0.345 e. The predicted octanol–water partition coefficient (Wildman–Crippen LogP) is 1.10. The molecule has 1 aliphatic carbocycles. The van der Waals surface area contributed by atoms with Gasteiger partial charge in [0.1, 0.15) is 5.82 Å². The first kappa shape index (κ1) is 14.9. The minimum atomic E-state index is -0.460. The van der Waals surface area contributed by atoms with Crippen molar-refractivity contribution in [1.29, 1.82) is 0 Å². The van der Waals surface area contributed by atoms with Crippen LogP contribution in [0.3, 0.4) is 0 Å². The number of rotatable bonds is 3. The molecule has 0 spiro atoms. The number of hydrazine groups is 1. The first-order chi connectivity index (χ1) is 10.5. The van der Waals surface area contributed by atoms with Crippen molar-refractivity contribution in [1.82, 2.24) is 10.7 Å². The summed E-state index contributed by atoms with van der Waals surface area (Å²) in [5.74, 6) is 4.29. The average molecular weight is 324 g/mol. The second kappa shape index (κ2) is 5.66. The van der Waals surface area contributed by atoms with Crippen LogP contribution in [-0.2, 0) is 10.3 Å². The molecule has 1 fully saturated rings. The van der Waals surface area contributed by atoms with Crippen molar-refractivity contribution in [2.75, 3.05) is 6.54 Å². The van der Waals surface area contributed by atoms with E-state index in [1.807, 2.05) is 0 Å². The standard InChI is InChI=1S/C14H15ClFN5O/c15-10-2-1-9(5-11(10)16)14(3-4-14)20-13-18-6-8(7-19-13)12(22)21-17/h1-2,5-6,8H,3-4,7,17H2,(H,19,20)(H,21,22). The number of guanidine groups is 1. The molecule has 1 aliphatic heterocycles. The van der Waals surface area contributed by atoms with Crippen molar-refractivity contribution in [3.05, 3.63) is 34.6 Å². The molecular formula is C14H15ClFN5O. The van der Waals surface area contributed by atoms with Gasteiger partial charge in [-0.05, 0) is 30.5 Å². The van der Waals surface area contributed by atoms with Gasteiger partial charge in [0.25, 0.3) is 0 Å². The van der Waals surface area contributed by atoms with Crippen LogP contribution in [0.4, 0.5) is 4.39 Å². The third-order valence-corrected chi connectivity index (χ3v) is 4.17. The Morgan fingerprint density at radius 3 is 2.77 bits per heavy atom. The van der Waals surface area contributed by atoms with Gasteiger partial charge < -0.3 is 5.32 Å². The lowest BCUT2D eigenvalue weighted by atomic mass is 10.0. The summed E-state index contributed by atoms with van der Waals surface area (Å²) in [5, 5.41) is 3.33. The predicted molar refractivity (Wildman–Crippen MR) is 82.1 cm³/mol. The van der Waals surface area contributed by atoms with E-state index in [0.29, 0.717) is 5.96 Å². The highest BCUT2D eigenvalue weighted by molar-refractivity contribution is 6.30.